The highest BCUT2D eigenvalue weighted by Crippen LogP contribution is 2.19. The summed E-state index contributed by atoms with van der Waals surface area (Å²) in [5, 5.41) is 3.19. The number of halogens is 1. The maximum absolute atomic E-state index is 11.3. The molecular formula is C9H13ClN2OS. The highest BCUT2D eigenvalue weighted by Gasteiger charge is 2.15. The number of aryl methyl sites for hydroxylation is 1. The second-order valence-corrected chi connectivity index (χ2v) is 5.08. The van der Waals surface area contributed by atoms with Gasteiger partial charge in [-0.15, -0.1) is 22.9 Å². The summed E-state index contributed by atoms with van der Waals surface area (Å²) in [4.78, 5) is 16.6. The number of aromatic nitrogens is 1. The third-order valence-electron chi connectivity index (χ3n) is 1.73. The largest absolute Gasteiger partial charge is 0.346 e. The monoisotopic (exact) mass is 232 g/mol. The first kappa shape index (κ1) is 11.5. The van der Waals surface area contributed by atoms with Crippen molar-refractivity contribution in [3.8, 4) is 0 Å². The molecule has 0 aliphatic heterocycles. The van der Waals surface area contributed by atoms with Gasteiger partial charge in [0.05, 0.1) is 6.04 Å². The number of carbonyl (C=O) groups is 1. The molecule has 3 nitrogen and oxygen atoms in total. The van der Waals surface area contributed by atoms with Crippen LogP contribution in [0.1, 0.15) is 29.8 Å². The van der Waals surface area contributed by atoms with Gasteiger partial charge >= 0.3 is 0 Å². The Morgan fingerprint density at radius 1 is 1.64 bits per heavy atom. The zero-order valence-electron chi connectivity index (χ0n) is 8.37. The van der Waals surface area contributed by atoms with Crippen molar-refractivity contribution in [1.82, 2.24) is 10.3 Å². The Bertz CT molecular complexity index is 324. The Hall–Kier alpha value is -0.610. The fourth-order valence-electron chi connectivity index (χ4n) is 0.962. The van der Waals surface area contributed by atoms with Crippen LogP contribution in [0.15, 0.2) is 6.20 Å². The van der Waals surface area contributed by atoms with E-state index in [0.29, 0.717) is 0 Å². The van der Waals surface area contributed by atoms with E-state index in [1.807, 2.05) is 13.8 Å². The summed E-state index contributed by atoms with van der Waals surface area (Å²) in [5.41, 5.74) is 0. The van der Waals surface area contributed by atoms with E-state index >= 15 is 0 Å². The number of rotatable bonds is 3. The van der Waals surface area contributed by atoms with Crippen LogP contribution in [0.3, 0.4) is 0 Å². The lowest BCUT2D eigenvalue weighted by atomic mass is 10.3. The standard InChI is InChI=1S/C9H13ClN2OS/c1-5-4-11-9(14-5)7(3)12-8(13)6(2)10/h4,6-7H,1-3H3,(H,12,13). The van der Waals surface area contributed by atoms with Gasteiger partial charge in [-0.05, 0) is 20.8 Å². The summed E-state index contributed by atoms with van der Waals surface area (Å²) in [6.45, 7) is 5.53. The SMILES string of the molecule is Cc1cnc(C(C)NC(=O)C(C)Cl)s1. The first-order chi connectivity index (χ1) is 6.50. The molecule has 1 rings (SSSR count). The molecule has 0 fully saturated rings. The quantitative estimate of drug-likeness (QED) is 0.813. The Labute approximate surface area is 92.5 Å². The van der Waals surface area contributed by atoms with Gasteiger partial charge < -0.3 is 5.32 Å². The van der Waals surface area contributed by atoms with E-state index in [0.717, 1.165) is 9.88 Å². The molecule has 1 aromatic rings. The van der Waals surface area contributed by atoms with Crippen LogP contribution < -0.4 is 5.32 Å². The molecule has 1 amide bonds. The minimum absolute atomic E-state index is 0.0672. The van der Waals surface area contributed by atoms with E-state index in [4.69, 9.17) is 11.6 Å². The zero-order chi connectivity index (χ0) is 10.7. The van der Waals surface area contributed by atoms with Crippen LogP contribution in [0.4, 0.5) is 0 Å². The van der Waals surface area contributed by atoms with Crippen LogP contribution in [0.2, 0.25) is 0 Å². The first-order valence-electron chi connectivity index (χ1n) is 4.37. The molecule has 5 heteroatoms. The first-order valence-corrected chi connectivity index (χ1v) is 5.62. The lowest BCUT2D eigenvalue weighted by molar-refractivity contribution is -0.121. The molecule has 2 atom stereocenters. The third-order valence-corrected chi connectivity index (χ3v) is 3.02. The molecule has 0 spiro atoms. The van der Waals surface area contributed by atoms with Crippen LogP contribution in [0.5, 0.6) is 0 Å². The Balaban J connectivity index is 2.59. The lowest BCUT2D eigenvalue weighted by Crippen LogP contribution is -2.31. The van der Waals surface area contributed by atoms with Crippen LogP contribution in [0.25, 0.3) is 0 Å². The molecule has 0 saturated heterocycles. The second-order valence-electron chi connectivity index (χ2n) is 3.16. The van der Waals surface area contributed by atoms with Gasteiger partial charge in [0, 0.05) is 11.1 Å². The minimum atomic E-state index is -0.501. The molecule has 2 unspecified atom stereocenters. The molecule has 78 valence electrons. The van der Waals surface area contributed by atoms with Gasteiger partial charge in [-0.2, -0.15) is 0 Å². The highest BCUT2D eigenvalue weighted by atomic mass is 35.5. The molecule has 1 N–H and O–H groups in total. The summed E-state index contributed by atoms with van der Waals surface area (Å²) in [6, 6.07) is -0.0672. The summed E-state index contributed by atoms with van der Waals surface area (Å²) in [5.74, 6) is -0.160. The van der Waals surface area contributed by atoms with Gasteiger partial charge in [-0.1, -0.05) is 0 Å². The maximum Gasteiger partial charge on any atom is 0.238 e. The fourth-order valence-corrected chi connectivity index (χ4v) is 1.80. The number of alkyl halides is 1. The van der Waals surface area contributed by atoms with Gasteiger partial charge in [0.1, 0.15) is 10.4 Å². The summed E-state index contributed by atoms with van der Waals surface area (Å²) in [6.07, 6.45) is 1.80. The van der Waals surface area contributed by atoms with Crippen LogP contribution in [0, 0.1) is 6.92 Å². The van der Waals surface area contributed by atoms with E-state index in [-0.39, 0.29) is 11.9 Å². The molecule has 0 saturated carbocycles. The van der Waals surface area contributed by atoms with Crippen molar-refractivity contribution < 1.29 is 4.79 Å². The van der Waals surface area contributed by atoms with E-state index in [2.05, 4.69) is 10.3 Å². The van der Waals surface area contributed by atoms with E-state index < -0.39 is 5.38 Å². The number of nitrogens with one attached hydrogen (secondary N) is 1. The van der Waals surface area contributed by atoms with Gasteiger partial charge in [0.2, 0.25) is 5.91 Å². The number of thiazole rings is 1. The van der Waals surface area contributed by atoms with Crippen LogP contribution in [-0.2, 0) is 4.79 Å². The number of nitrogens with zero attached hydrogens (tertiary/aromatic N) is 1. The molecule has 0 aliphatic rings. The van der Waals surface area contributed by atoms with Crippen molar-refractivity contribution >= 4 is 28.8 Å². The summed E-state index contributed by atoms with van der Waals surface area (Å²) in [7, 11) is 0. The molecule has 0 aliphatic carbocycles. The van der Waals surface area contributed by atoms with Gasteiger partial charge in [0.15, 0.2) is 0 Å². The maximum atomic E-state index is 11.3. The van der Waals surface area contributed by atoms with Crippen molar-refractivity contribution in [2.75, 3.05) is 0 Å². The smallest absolute Gasteiger partial charge is 0.238 e. The van der Waals surface area contributed by atoms with E-state index in [1.54, 1.807) is 24.5 Å². The van der Waals surface area contributed by atoms with Crippen molar-refractivity contribution in [1.29, 1.82) is 0 Å². The van der Waals surface area contributed by atoms with Crippen molar-refractivity contribution in [2.45, 2.75) is 32.2 Å². The highest BCUT2D eigenvalue weighted by molar-refractivity contribution is 7.11. The third kappa shape index (κ3) is 2.96. The Morgan fingerprint density at radius 2 is 2.29 bits per heavy atom. The molecule has 0 aromatic carbocycles. The summed E-state index contributed by atoms with van der Waals surface area (Å²) >= 11 is 7.22. The molecular weight excluding hydrogens is 220 g/mol. The summed E-state index contributed by atoms with van der Waals surface area (Å²) < 4.78 is 0. The van der Waals surface area contributed by atoms with Gasteiger partial charge in [-0.3, -0.25) is 4.79 Å². The van der Waals surface area contributed by atoms with E-state index in [9.17, 15) is 4.79 Å². The fraction of sp³-hybridized carbons (Fsp3) is 0.556. The predicted octanol–water partition coefficient (Wildman–Crippen LogP) is 2.26. The molecule has 1 aromatic heterocycles. The van der Waals surface area contributed by atoms with Crippen molar-refractivity contribution in [2.24, 2.45) is 0 Å². The normalized spacial score (nSPS) is 14.9. The minimum Gasteiger partial charge on any atom is -0.346 e. The molecule has 0 bridgehead atoms. The number of carbonyl (C=O) groups excluding carboxylic acids is 1. The number of hydrogen-bond acceptors (Lipinski definition) is 3. The van der Waals surface area contributed by atoms with Gasteiger partial charge in [-0.25, -0.2) is 4.98 Å². The van der Waals surface area contributed by atoms with Crippen molar-refractivity contribution in [3.05, 3.63) is 16.1 Å². The second kappa shape index (κ2) is 4.75. The van der Waals surface area contributed by atoms with Gasteiger partial charge in [0.25, 0.3) is 0 Å². The molecule has 0 radical (unpaired) electrons. The average Bonchev–Trinajstić information content (AvgIpc) is 2.51. The van der Waals surface area contributed by atoms with Crippen molar-refractivity contribution in [3.63, 3.8) is 0 Å². The predicted molar refractivity (Wildman–Crippen MR) is 58.7 cm³/mol. The topological polar surface area (TPSA) is 42.0 Å². The number of amides is 1. The lowest BCUT2D eigenvalue weighted by Gasteiger charge is -2.11. The average molecular weight is 233 g/mol. The molecule has 1 heterocycles. The Kier molecular flexibility index (Phi) is 3.89. The van der Waals surface area contributed by atoms with Crippen LogP contribution in [-0.4, -0.2) is 16.3 Å². The molecule has 14 heavy (non-hydrogen) atoms. The zero-order valence-corrected chi connectivity index (χ0v) is 9.95. The number of hydrogen-bond donors (Lipinski definition) is 1. The van der Waals surface area contributed by atoms with Crippen LogP contribution >= 0.6 is 22.9 Å². The van der Waals surface area contributed by atoms with E-state index in [1.165, 1.54) is 0 Å². The Morgan fingerprint density at radius 3 is 2.71 bits per heavy atom.